The van der Waals surface area contributed by atoms with Gasteiger partial charge in [0.15, 0.2) is 5.82 Å². The van der Waals surface area contributed by atoms with Crippen molar-refractivity contribution in [2.75, 3.05) is 12.8 Å². The van der Waals surface area contributed by atoms with Crippen molar-refractivity contribution in [2.45, 2.75) is 19.6 Å². The summed E-state index contributed by atoms with van der Waals surface area (Å²) in [6, 6.07) is 3.27. The van der Waals surface area contributed by atoms with E-state index in [2.05, 4.69) is 15.5 Å². The average molecular weight is 302 g/mol. The summed E-state index contributed by atoms with van der Waals surface area (Å²) >= 11 is 12.2. The molecule has 0 amide bonds. The first kappa shape index (κ1) is 14.0. The van der Waals surface area contributed by atoms with E-state index in [1.807, 2.05) is 6.92 Å². The van der Waals surface area contributed by atoms with Crippen LogP contribution in [0.2, 0.25) is 10.0 Å². The Morgan fingerprint density at radius 3 is 2.84 bits per heavy atom. The van der Waals surface area contributed by atoms with Crippen LogP contribution in [0, 0.1) is 0 Å². The lowest BCUT2D eigenvalue weighted by Gasteiger charge is -2.11. The van der Waals surface area contributed by atoms with Gasteiger partial charge in [-0.05, 0) is 29.5 Å². The zero-order valence-electron chi connectivity index (χ0n) is 10.5. The molecule has 2 N–H and O–H groups in total. The maximum atomic E-state index is 6.17. The minimum Gasteiger partial charge on any atom is -0.399 e. The van der Waals surface area contributed by atoms with Gasteiger partial charge in [0.2, 0.25) is 0 Å². The van der Waals surface area contributed by atoms with E-state index >= 15 is 0 Å². The van der Waals surface area contributed by atoms with Crippen LogP contribution in [-0.2, 0) is 11.3 Å². The minimum absolute atomic E-state index is 0.0300. The molecule has 1 aromatic heterocycles. The lowest BCUT2D eigenvalue weighted by Crippen LogP contribution is -2.16. The molecule has 0 aliphatic carbocycles. The molecule has 0 fully saturated rings. The number of methoxy groups -OCH3 is 1. The number of rotatable bonds is 4. The third-order valence-electron chi connectivity index (χ3n) is 2.66. The minimum atomic E-state index is -0.0300. The molecule has 1 unspecified atom stereocenters. The van der Waals surface area contributed by atoms with Gasteiger partial charge in [0, 0.05) is 18.4 Å². The molecule has 0 spiro atoms. The number of tetrazole rings is 1. The van der Waals surface area contributed by atoms with Gasteiger partial charge in [-0.2, -0.15) is 0 Å². The molecular weight excluding hydrogens is 289 g/mol. The monoisotopic (exact) mass is 301 g/mol. The van der Waals surface area contributed by atoms with E-state index in [1.54, 1.807) is 23.9 Å². The van der Waals surface area contributed by atoms with Crippen molar-refractivity contribution in [3.05, 3.63) is 22.2 Å². The predicted octanol–water partition coefficient (Wildman–Crippen LogP) is 2.26. The summed E-state index contributed by atoms with van der Waals surface area (Å²) in [5.41, 5.74) is 6.86. The first-order chi connectivity index (χ1) is 9.02. The Kier molecular flexibility index (Phi) is 4.24. The number of halogens is 2. The van der Waals surface area contributed by atoms with Crippen LogP contribution in [0.15, 0.2) is 12.1 Å². The molecule has 0 saturated heterocycles. The van der Waals surface area contributed by atoms with Crippen molar-refractivity contribution in [3.63, 3.8) is 0 Å². The van der Waals surface area contributed by atoms with E-state index < -0.39 is 0 Å². The fraction of sp³-hybridized carbons (Fsp3) is 0.364. The van der Waals surface area contributed by atoms with Crippen molar-refractivity contribution in [3.8, 4) is 11.4 Å². The first-order valence-electron chi connectivity index (χ1n) is 5.56. The number of nitrogen functional groups attached to an aromatic ring is 1. The average Bonchev–Trinajstić information content (AvgIpc) is 2.81. The number of ether oxygens (including phenoxy) is 1. The maximum absolute atomic E-state index is 6.17. The fourth-order valence-corrected chi connectivity index (χ4v) is 2.03. The van der Waals surface area contributed by atoms with Crippen LogP contribution in [0.1, 0.15) is 6.92 Å². The van der Waals surface area contributed by atoms with E-state index in [-0.39, 0.29) is 6.10 Å². The van der Waals surface area contributed by atoms with E-state index in [0.717, 1.165) is 0 Å². The molecular formula is C11H13Cl2N5O. The summed E-state index contributed by atoms with van der Waals surface area (Å²) in [7, 11) is 1.62. The topological polar surface area (TPSA) is 78.8 Å². The first-order valence-corrected chi connectivity index (χ1v) is 6.32. The number of nitrogens with two attached hydrogens (primary N) is 1. The SMILES string of the molecule is COC(C)Cn1nnnc1-c1cc(N)cc(Cl)c1Cl. The second kappa shape index (κ2) is 5.73. The molecule has 1 aromatic carbocycles. The number of benzene rings is 1. The molecule has 6 nitrogen and oxygen atoms in total. The second-order valence-corrected chi connectivity index (χ2v) is 4.88. The Hall–Kier alpha value is -1.37. The highest BCUT2D eigenvalue weighted by Crippen LogP contribution is 2.34. The number of hydrogen-bond acceptors (Lipinski definition) is 5. The quantitative estimate of drug-likeness (QED) is 0.876. The zero-order chi connectivity index (χ0) is 14.0. The van der Waals surface area contributed by atoms with Gasteiger partial charge < -0.3 is 10.5 Å². The van der Waals surface area contributed by atoms with Gasteiger partial charge >= 0.3 is 0 Å². The Labute approximate surface area is 120 Å². The molecule has 1 atom stereocenters. The summed E-state index contributed by atoms with van der Waals surface area (Å²) in [5.74, 6) is 0.503. The van der Waals surface area contributed by atoms with Crippen molar-refractivity contribution >= 4 is 28.9 Å². The molecule has 0 saturated carbocycles. The number of aromatic nitrogens is 4. The van der Waals surface area contributed by atoms with Gasteiger partial charge in [-0.1, -0.05) is 23.2 Å². The summed E-state index contributed by atoms with van der Waals surface area (Å²) in [5, 5.41) is 12.3. The molecule has 1 heterocycles. The van der Waals surface area contributed by atoms with Gasteiger partial charge in [0.05, 0.1) is 22.7 Å². The van der Waals surface area contributed by atoms with E-state index in [9.17, 15) is 0 Å². The molecule has 0 aliphatic heterocycles. The van der Waals surface area contributed by atoms with E-state index in [0.29, 0.717) is 33.7 Å². The van der Waals surface area contributed by atoms with Crippen LogP contribution in [0.5, 0.6) is 0 Å². The van der Waals surface area contributed by atoms with E-state index in [4.69, 9.17) is 33.7 Å². The van der Waals surface area contributed by atoms with Gasteiger partial charge in [0.25, 0.3) is 0 Å². The standard InChI is InChI=1S/C11H13Cl2N5O/c1-6(19-2)5-18-11(15-16-17-18)8-3-7(14)4-9(12)10(8)13/h3-4,6H,5,14H2,1-2H3. The number of nitrogens with zero attached hydrogens (tertiary/aromatic N) is 4. The summed E-state index contributed by atoms with van der Waals surface area (Å²) in [6.45, 7) is 2.42. The fourth-order valence-electron chi connectivity index (χ4n) is 1.61. The molecule has 0 aliphatic rings. The molecule has 8 heteroatoms. The van der Waals surface area contributed by atoms with Crippen LogP contribution < -0.4 is 5.73 Å². The van der Waals surface area contributed by atoms with Crippen molar-refractivity contribution < 1.29 is 4.74 Å². The number of anilines is 1. The maximum Gasteiger partial charge on any atom is 0.183 e. The Morgan fingerprint density at radius 2 is 2.16 bits per heavy atom. The predicted molar refractivity (Wildman–Crippen MR) is 74.2 cm³/mol. The molecule has 102 valence electrons. The van der Waals surface area contributed by atoms with Crippen molar-refractivity contribution in [1.29, 1.82) is 0 Å². The Bertz CT molecular complexity index is 586. The molecule has 0 bridgehead atoms. The number of hydrogen-bond donors (Lipinski definition) is 1. The van der Waals surface area contributed by atoms with Crippen LogP contribution >= 0.6 is 23.2 Å². The molecule has 2 aromatic rings. The van der Waals surface area contributed by atoms with E-state index in [1.165, 1.54) is 0 Å². The molecule has 19 heavy (non-hydrogen) atoms. The van der Waals surface area contributed by atoms with Crippen LogP contribution in [0.25, 0.3) is 11.4 Å². The third-order valence-corrected chi connectivity index (χ3v) is 3.46. The smallest absolute Gasteiger partial charge is 0.183 e. The highest BCUT2D eigenvalue weighted by molar-refractivity contribution is 6.43. The summed E-state index contributed by atoms with van der Waals surface area (Å²) < 4.78 is 6.79. The van der Waals surface area contributed by atoms with Gasteiger partial charge in [-0.3, -0.25) is 0 Å². The second-order valence-electron chi connectivity index (χ2n) is 4.10. The van der Waals surface area contributed by atoms with Gasteiger partial charge in [0.1, 0.15) is 0 Å². The third kappa shape index (κ3) is 2.97. The zero-order valence-corrected chi connectivity index (χ0v) is 12.0. The van der Waals surface area contributed by atoms with Gasteiger partial charge in [-0.25, -0.2) is 4.68 Å². The largest absolute Gasteiger partial charge is 0.399 e. The lowest BCUT2D eigenvalue weighted by atomic mass is 10.2. The summed E-state index contributed by atoms with van der Waals surface area (Å²) in [6.07, 6.45) is -0.0300. The highest BCUT2D eigenvalue weighted by atomic mass is 35.5. The molecule has 2 rings (SSSR count). The van der Waals surface area contributed by atoms with Crippen molar-refractivity contribution in [1.82, 2.24) is 20.2 Å². The van der Waals surface area contributed by atoms with Crippen LogP contribution in [0.3, 0.4) is 0 Å². The van der Waals surface area contributed by atoms with Crippen LogP contribution in [0.4, 0.5) is 5.69 Å². The highest BCUT2D eigenvalue weighted by Gasteiger charge is 2.16. The summed E-state index contributed by atoms with van der Waals surface area (Å²) in [4.78, 5) is 0. The van der Waals surface area contributed by atoms with Crippen molar-refractivity contribution in [2.24, 2.45) is 0 Å². The normalized spacial score (nSPS) is 12.6. The Morgan fingerprint density at radius 1 is 1.42 bits per heavy atom. The Balaban J connectivity index is 2.45. The van der Waals surface area contributed by atoms with Crippen LogP contribution in [-0.4, -0.2) is 33.4 Å². The lowest BCUT2D eigenvalue weighted by molar-refractivity contribution is 0.0997. The molecule has 0 radical (unpaired) electrons. The van der Waals surface area contributed by atoms with Gasteiger partial charge in [-0.15, -0.1) is 5.10 Å².